The van der Waals surface area contributed by atoms with Crippen LogP contribution < -0.4 is 9.47 Å². The van der Waals surface area contributed by atoms with Crippen molar-refractivity contribution >= 4 is 11.8 Å². The largest absolute Gasteiger partial charge is 0.497 e. The molecule has 2 amide bonds. The fourth-order valence-corrected chi connectivity index (χ4v) is 3.73. The van der Waals surface area contributed by atoms with Crippen molar-refractivity contribution in [3.05, 3.63) is 95.1 Å². The van der Waals surface area contributed by atoms with E-state index >= 15 is 0 Å². The second-order valence-electron chi connectivity index (χ2n) is 8.23. The summed E-state index contributed by atoms with van der Waals surface area (Å²) in [7, 11) is 3.24. The summed E-state index contributed by atoms with van der Waals surface area (Å²) in [6.45, 7) is 1.28. The van der Waals surface area contributed by atoms with Crippen molar-refractivity contribution in [1.29, 1.82) is 0 Å². The van der Waals surface area contributed by atoms with Crippen LogP contribution in [-0.2, 0) is 27.5 Å². The van der Waals surface area contributed by atoms with E-state index in [2.05, 4.69) is 0 Å². The molecule has 1 aliphatic heterocycles. The number of nitrogens with zero attached hydrogens (tertiary/aromatic N) is 1. The van der Waals surface area contributed by atoms with Crippen LogP contribution >= 0.6 is 0 Å². The van der Waals surface area contributed by atoms with E-state index in [1.807, 2.05) is 48.5 Å². The molecule has 1 atom stereocenters. The van der Waals surface area contributed by atoms with E-state index in [1.165, 1.54) is 0 Å². The van der Waals surface area contributed by atoms with Gasteiger partial charge in [-0.3, -0.25) is 14.4 Å². The Labute approximate surface area is 210 Å². The predicted octanol–water partition coefficient (Wildman–Crippen LogP) is 4.42. The molecule has 0 aromatic heterocycles. The first-order valence-electron chi connectivity index (χ1n) is 11.6. The lowest BCUT2D eigenvalue weighted by atomic mass is 10.1. The summed E-state index contributed by atoms with van der Waals surface area (Å²) < 4.78 is 22.0. The van der Waals surface area contributed by atoms with Crippen LogP contribution in [0.2, 0.25) is 0 Å². The zero-order valence-corrected chi connectivity index (χ0v) is 20.3. The summed E-state index contributed by atoms with van der Waals surface area (Å²) in [6.07, 6.45) is -0.145. The van der Waals surface area contributed by atoms with Crippen molar-refractivity contribution in [2.75, 3.05) is 27.4 Å². The van der Waals surface area contributed by atoms with Crippen LogP contribution in [0.1, 0.15) is 38.3 Å². The van der Waals surface area contributed by atoms with Crippen LogP contribution in [0.15, 0.2) is 72.8 Å². The number of hydroxylamine groups is 2. The zero-order chi connectivity index (χ0) is 25.3. The highest BCUT2D eigenvalue weighted by molar-refractivity contribution is 6.20. The molecule has 0 aliphatic carbocycles. The van der Waals surface area contributed by atoms with E-state index in [9.17, 15) is 9.59 Å². The van der Waals surface area contributed by atoms with Gasteiger partial charge in [0.15, 0.2) is 0 Å². The SMILES string of the molecule is COc1ccc(COCCC(COCc2ccc(OC)cc2)ON2C(=O)c3ccccc3C2=O)cc1. The van der Waals surface area contributed by atoms with Gasteiger partial charge in [-0.2, -0.15) is 0 Å². The molecule has 1 heterocycles. The minimum atomic E-state index is -0.568. The first-order chi connectivity index (χ1) is 17.6. The third-order valence-electron chi connectivity index (χ3n) is 5.75. The third kappa shape index (κ3) is 6.28. The van der Waals surface area contributed by atoms with Crippen LogP contribution in [0.4, 0.5) is 0 Å². The van der Waals surface area contributed by atoms with E-state index in [0.29, 0.717) is 37.4 Å². The van der Waals surface area contributed by atoms with E-state index in [1.54, 1.807) is 38.5 Å². The van der Waals surface area contributed by atoms with E-state index < -0.39 is 17.9 Å². The number of carbonyl (C=O) groups excluding carboxylic acids is 2. The summed E-state index contributed by atoms with van der Waals surface area (Å²) in [5.74, 6) is 0.589. The second kappa shape index (κ2) is 12.3. The van der Waals surface area contributed by atoms with Gasteiger partial charge in [-0.05, 0) is 47.5 Å². The fourth-order valence-electron chi connectivity index (χ4n) is 3.73. The minimum Gasteiger partial charge on any atom is -0.497 e. The Bertz CT molecular complexity index is 1130. The van der Waals surface area contributed by atoms with Gasteiger partial charge in [0.1, 0.15) is 17.6 Å². The highest BCUT2D eigenvalue weighted by Crippen LogP contribution is 2.24. The number of ether oxygens (including phenoxy) is 4. The van der Waals surface area contributed by atoms with E-state index in [0.717, 1.165) is 27.7 Å². The zero-order valence-electron chi connectivity index (χ0n) is 20.3. The van der Waals surface area contributed by atoms with Crippen LogP contribution in [0.3, 0.4) is 0 Å². The highest BCUT2D eigenvalue weighted by Gasteiger charge is 2.38. The smallest absolute Gasteiger partial charge is 0.285 e. The van der Waals surface area contributed by atoms with Crippen LogP contribution in [0.5, 0.6) is 11.5 Å². The van der Waals surface area contributed by atoms with Crippen molar-refractivity contribution in [3.8, 4) is 11.5 Å². The van der Waals surface area contributed by atoms with Crippen LogP contribution in [0, 0.1) is 0 Å². The van der Waals surface area contributed by atoms with Gasteiger partial charge in [0.25, 0.3) is 11.8 Å². The molecule has 0 N–H and O–H groups in total. The third-order valence-corrected chi connectivity index (χ3v) is 5.75. The fraction of sp³-hybridized carbons (Fsp3) is 0.286. The Hall–Kier alpha value is -3.72. The van der Waals surface area contributed by atoms with Crippen molar-refractivity contribution in [2.45, 2.75) is 25.7 Å². The molecule has 0 fully saturated rings. The Balaban J connectivity index is 1.34. The van der Waals surface area contributed by atoms with Crippen LogP contribution in [-0.4, -0.2) is 50.4 Å². The van der Waals surface area contributed by atoms with Gasteiger partial charge in [0.05, 0.1) is 45.2 Å². The minimum absolute atomic E-state index is 0.172. The summed E-state index contributed by atoms with van der Waals surface area (Å²) in [6, 6.07) is 21.8. The Morgan fingerprint density at radius 1 is 0.694 bits per heavy atom. The van der Waals surface area contributed by atoms with Gasteiger partial charge in [-0.25, -0.2) is 0 Å². The quantitative estimate of drug-likeness (QED) is 0.258. The standard InChI is InChI=1S/C28H29NO7/c1-32-22-11-7-20(8-12-22)17-34-16-15-24(19-35-18-21-9-13-23(33-2)14-10-21)36-29-27(30)25-5-3-4-6-26(25)28(29)31/h3-14,24H,15-19H2,1-2H3. The molecule has 1 unspecified atom stereocenters. The number of rotatable bonds is 13. The van der Waals surface area contributed by atoms with Crippen molar-refractivity contribution in [3.63, 3.8) is 0 Å². The lowest BCUT2D eigenvalue weighted by Gasteiger charge is -2.22. The van der Waals surface area contributed by atoms with Gasteiger partial charge < -0.3 is 18.9 Å². The number of fused-ring (bicyclic) bond motifs is 1. The molecular formula is C28H29NO7. The number of carbonyl (C=O) groups is 2. The Morgan fingerprint density at radius 3 is 1.69 bits per heavy atom. The van der Waals surface area contributed by atoms with Gasteiger partial charge >= 0.3 is 0 Å². The molecule has 188 valence electrons. The van der Waals surface area contributed by atoms with E-state index in [4.69, 9.17) is 23.8 Å². The second-order valence-corrected chi connectivity index (χ2v) is 8.23. The molecule has 3 aromatic carbocycles. The number of amides is 2. The summed E-state index contributed by atoms with van der Waals surface area (Å²) in [5.41, 5.74) is 2.63. The number of benzene rings is 3. The first-order valence-corrected chi connectivity index (χ1v) is 11.6. The molecular weight excluding hydrogens is 462 g/mol. The van der Waals surface area contributed by atoms with Crippen molar-refractivity contribution in [1.82, 2.24) is 5.06 Å². The maximum atomic E-state index is 12.8. The maximum Gasteiger partial charge on any atom is 0.285 e. The summed E-state index contributed by atoms with van der Waals surface area (Å²) in [5, 5.41) is 0.829. The lowest BCUT2D eigenvalue weighted by Crippen LogP contribution is -2.37. The Morgan fingerprint density at radius 2 is 1.19 bits per heavy atom. The summed E-state index contributed by atoms with van der Waals surface area (Å²) in [4.78, 5) is 31.4. The maximum absolute atomic E-state index is 12.8. The molecule has 0 saturated heterocycles. The average Bonchev–Trinajstić information content (AvgIpc) is 3.16. The molecule has 0 spiro atoms. The molecule has 3 aromatic rings. The summed E-state index contributed by atoms with van der Waals surface area (Å²) >= 11 is 0. The topological polar surface area (TPSA) is 83.5 Å². The number of imide groups is 1. The van der Waals surface area contributed by atoms with E-state index in [-0.39, 0.29) is 6.61 Å². The lowest BCUT2D eigenvalue weighted by molar-refractivity contribution is -0.158. The van der Waals surface area contributed by atoms with Crippen molar-refractivity contribution < 1.29 is 33.4 Å². The normalized spacial score (nSPS) is 13.6. The molecule has 36 heavy (non-hydrogen) atoms. The van der Waals surface area contributed by atoms with Gasteiger partial charge in [-0.1, -0.05) is 36.4 Å². The molecule has 8 heteroatoms. The van der Waals surface area contributed by atoms with Gasteiger partial charge in [0, 0.05) is 13.0 Å². The highest BCUT2D eigenvalue weighted by atomic mass is 16.7. The first kappa shape index (κ1) is 25.4. The van der Waals surface area contributed by atoms with Crippen LogP contribution in [0.25, 0.3) is 0 Å². The number of methoxy groups -OCH3 is 2. The molecule has 0 radical (unpaired) electrons. The number of hydrogen-bond acceptors (Lipinski definition) is 7. The molecule has 8 nitrogen and oxygen atoms in total. The van der Waals surface area contributed by atoms with Crippen molar-refractivity contribution in [2.24, 2.45) is 0 Å². The average molecular weight is 492 g/mol. The monoisotopic (exact) mass is 491 g/mol. The molecule has 4 rings (SSSR count). The molecule has 0 saturated carbocycles. The predicted molar refractivity (Wildman–Crippen MR) is 132 cm³/mol. The molecule has 1 aliphatic rings. The molecule has 0 bridgehead atoms. The number of hydrogen-bond donors (Lipinski definition) is 0. The van der Waals surface area contributed by atoms with Gasteiger partial charge in [-0.15, -0.1) is 5.06 Å². The Kier molecular flexibility index (Phi) is 8.67. The van der Waals surface area contributed by atoms with Gasteiger partial charge in [0.2, 0.25) is 0 Å².